The standard InChI is InChI=1S/C12H20ClN3O2/c1-5-7-10-12(16(17)18)11(15(4)14-10)9(6-2)8(3)13/h8-9H,5-7H2,1-4H3. The molecule has 0 aromatic carbocycles. The topological polar surface area (TPSA) is 61.0 Å². The van der Waals surface area contributed by atoms with E-state index in [9.17, 15) is 10.1 Å². The number of halogens is 1. The molecule has 1 heterocycles. The Morgan fingerprint density at radius 3 is 2.50 bits per heavy atom. The summed E-state index contributed by atoms with van der Waals surface area (Å²) >= 11 is 6.15. The Morgan fingerprint density at radius 2 is 2.11 bits per heavy atom. The van der Waals surface area contributed by atoms with Gasteiger partial charge in [-0.2, -0.15) is 5.10 Å². The molecule has 0 aliphatic heterocycles. The van der Waals surface area contributed by atoms with E-state index in [-0.39, 0.29) is 21.9 Å². The molecule has 0 fully saturated rings. The van der Waals surface area contributed by atoms with Crippen molar-refractivity contribution in [3.63, 3.8) is 0 Å². The van der Waals surface area contributed by atoms with Gasteiger partial charge in [0.2, 0.25) is 0 Å². The fourth-order valence-electron chi connectivity index (χ4n) is 2.34. The molecule has 1 aromatic heterocycles. The minimum atomic E-state index is -0.324. The first-order valence-corrected chi connectivity index (χ1v) is 6.71. The van der Waals surface area contributed by atoms with Crippen molar-refractivity contribution in [1.29, 1.82) is 0 Å². The van der Waals surface area contributed by atoms with E-state index in [4.69, 9.17) is 11.6 Å². The summed E-state index contributed by atoms with van der Waals surface area (Å²) in [5, 5.41) is 15.4. The number of aryl methyl sites for hydroxylation is 2. The van der Waals surface area contributed by atoms with Crippen molar-refractivity contribution in [3.05, 3.63) is 21.5 Å². The third-order valence-electron chi connectivity index (χ3n) is 3.15. The van der Waals surface area contributed by atoms with E-state index in [1.165, 1.54) is 0 Å². The van der Waals surface area contributed by atoms with Gasteiger partial charge in [-0.05, 0) is 19.8 Å². The molecule has 0 aliphatic carbocycles. The van der Waals surface area contributed by atoms with Gasteiger partial charge < -0.3 is 0 Å². The van der Waals surface area contributed by atoms with Crippen molar-refractivity contribution >= 4 is 17.3 Å². The molecule has 6 heteroatoms. The Balaban J connectivity index is 3.36. The van der Waals surface area contributed by atoms with E-state index >= 15 is 0 Å². The van der Waals surface area contributed by atoms with Crippen molar-refractivity contribution in [2.75, 3.05) is 0 Å². The summed E-state index contributed by atoms with van der Waals surface area (Å²) in [5.74, 6) is -0.0461. The van der Waals surface area contributed by atoms with E-state index in [0.29, 0.717) is 17.8 Å². The lowest BCUT2D eigenvalue weighted by molar-refractivity contribution is -0.386. The van der Waals surface area contributed by atoms with E-state index in [0.717, 1.165) is 12.8 Å². The van der Waals surface area contributed by atoms with Crippen molar-refractivity contribution < 1.29 is 4.92 Å². The Bertz CT molecular complexity index is 429. The maximum absolute atomic E-state index is 11.3. The predicted octanol–water partition coefficient (Wildman–Crippen LogP) is 3.40. The molecule has 0 radical (unpaired) electrons. The van der Waals surface area contributed by atoms with E-state index in [1.807, 2.05) is 20.8 Å². The maximum Gasteiger partial charge on any atom is 0.313 e. The Labute approximate surface area is 112 Å². The summed E-state index contributed by atoms with van der Waals surface area (Å²) in [5.41, 5.74) is 1.36. The van der Waals surface area contributed by atoms with Crippen LogP contribution in [0.15, 0.2) is 0 Å². The molecule has 2 unspecified atom stereocenters. The monoisotopic (exact) mass is 273 g/mol. The van der Waals surface area contributed by atoms with Crippen LogP contribution in [0.2, 0.25) is 0 Å². The second kappa shape index (κ2) is 6.18. The third-order valence-corrected chi connectivity index (χ3v) is 3.45. The molecular weight excluding hydrogens is 254 g/mol. The quantitative estimate of drug-likeness (QED) is 0.453. The van der Waals surface area contributed by atoms with Crippen LogP contribution in [0.5, 0.6) is 0 Å². The van der Waals surface area contributed by atoms with E-state index < -0.39 is 0 Å². The second-order valence-corrected chi connectivity index (χ2v) is 5.19. The predicted molar refractivity (Wildman–Crippen MR) is 72.2 cm³/mol. The van der Waals surface area contributed by atoms with Crippen molar-refractivity contribution in [2.45, 2.75) is 51.3 Å². The molecule has 0 amide bonds. The number of rotatable bonds is 6. The van der Waals surface area contributed by atoms with Crippen LogP contribution in [0, 0.1) is 10.1 Å². The molecular formula is C12H20ClN3O2. The SMILES string of the molecule is CCCc1nn(C)c(C(CC)C(C)Cl)c1[N+](=O)[O-]. The molecule has 0 N–H and O–H groups in total. The average molecular weight is 274 g/mol. The van der Waals surface area contributed by atoms with Crippen LogP contribution in [0.25, 0.3) is 0 Å². The van der Waals surface area contributed by atoms with Gasteiger partial charge in [-0.15, -0.1) is 11.6 Å². The fraction of sp³-hybridized carbons (Fsp3) is 0.750. The molecule has 1 rings (SSSR count). The lowest BCUT2D eigenvalue weighted by Crippen LogP contribution is -2.14. The summed E-state index contributed by atoms with van der Waals surface area (Å²) in [6, 6.07) is 0. The van der Waals surface area contributed by atoms with Gasteiger partial charge in [-0.25, -0.2) is 0 Å². The molecule has 0 saturated carbocycles. The van der Waals surface area contributed by atoms with Gasteiger partial charge in [0, 0.05) is 18.3 Å². The fourth-order valence-corrected chi connectivity index (χ4v) is 2.64. The van der Waals surface area contributed by atoms with E-state index in [2.05, 4.69) is 5.10 Å². The molecule has 2 atom stereocenters. The van der Waals surface area contributed by atoms with Gasteiger partial charge in [0.15, 0.2) is 0 Å². The second-order valence-electron chi connectivity index (χ2n) is 4.50. The van der Waals surface area contributed by atoms with Gasteiger partial charge in [0.25, 0.3) is 0 Å². The van der Waals surface area contributed by atoms with Crippen LogP contribution in [-0.2, 0) is 13.5 Å². The van der Waals surface area contributed by atoms with Crippen molar-refractivity contribution in [1.82, 2.24) is 9.78 Å². The van der Waals surface area contributed by atoms with Gasteiger partial charge >= 0.3 is 5.69 Å². The number of aromatic nitrogens is 2. The first kappa shape index (κ1) is 15.0. The molecule has 0 spiro atoms. The zero-order chi connectivity index (χ0) is 13.9. The summed E-state index contributed by atoms with van der Waals surface area (Å²) in [7, 11) is 1.75. The van der Waals surface area contributed by atoms with Crippen molar-refractivity contribution in [2.24, 2.45) is 7.05 Å². The molecule has 0 bridgehead atoms. The van der Waals surface area contributed by atoms with Gasteiger partial charge in [-0.3, -0.25) is 14.8 Å². The van der Waals surface area contributed by atoms with E-state index in [1.54, 1.807) is 11.7 Å². The Hall–Kier alpha value is -1.10. The highest BCUT2D eigenvalue weighted by Crippen LogP contribution is 2.35. The third kappa shape index (κ3) is 2.83. The van der Waals surface area contributed by atoms with Crippen LogP contribution in [0.4, 0.5) is 5.69 Å². The van der Waals surface area contributed by atoms with Crippen LogP contribution < -0.4 is 0 Å². The first-order valence-electron chi connectivity index (χ1n) is 6.28. The summed E-state index contributed by atoms with van der Waals surface area (Å²) < 4.78 is 1.62. The van der Waals surface area contributed by atoms with Gasteiger partial charge in [0.1, 0.15) is 11.4 Å². The van der Waals surface area contributed by atoms with Crippen LogP contribution in [0.3, 0.4) is 0 Å². The van der Waals surface area contributed by atoms with Crippen LogP contribution >= 0.6 is 11.6 Å². The minimum absolute atomic E-state index is 0.0461. The molecule has 0 saturated heterocycles. The summed E-state index contributed by atoms with van der Waals surface area (Å²) in [4.78, 5) is 11.0. The lowest BCUT2D eigenvalue weighted by atomic mass is 9.96. The minimum Gasteiger partial charge on any atom is -0.265 e. The smallest absolute Gasteiger partial charge is 0.265 e. The van der Waals surface area contributed by atoms with Crippen molar-refractivity contribution in [3.8, 4) is 0 Å². The van der Waals surface area contributed by atoms with Crippen LogP contribution in [-0.4, -0.2) is 20.1 Å². The number of nitrogens with zero attached hydrogens (tertiary/aromatic N) is 3. The number of nitro groups is 1. The highest BCUT2D eigenvalue weighted by atomic mass is 35.5. The molecule has 0 aliphatic rings. The first-order chi connectivity index (χ1) is 8.43. The maximum atomic E-state index is 11.3. The zero-order valence-electron chi connectivity index (χ0n) is 11.3. The lowest BCUT2D eigenvalue weighted by Gasteiger charge is -2.16. The highest BCUT2D eigenvalue weighted by molar-refractivity contribution is 6.20. The molecule has 5 nitrogen and oxygen atoms in total. The summed E-state index contributed by atoms with van der Waals surface area (Å²) in [6.45, 7) is 5.84. The zero-order valence-corrected chi connectivity index (χ0v) is 12.1. The molecule has 1 aromatic rings. The summed E-state index contributed by atoms with van der Waals surface area (Å²) in [6.07, 6.45) is 2.22. The normalized spacial score (nSPS) is 14.5. The Morgan fingerprint density at radius 1 is 1.50 bits per heavy atom. The van der Waals surface area contributed by atoms with Crippen LogP contribution in [0.1, 0.15) is 50.9 Å². The largest absolute Gasteiger partial charge is 0.313 e. The van der Waals surface area contributed by atoms with Gasteiger partial charge in [0.05, 0.1) is 4.92 Å². The van der Waals surface area contributed by atoms with Gasteiger partial charge in [-0.1, -0.05) is 20.3 Å². The number of alkyl halides is 1. The molecule has 18 heavy (non-hydrogen) atoms. The average Bonchev–Trinajstić information content (AvgIpc) is 2.57. The highest BCUT2D eigenvalue weighted by Gasteiger charge is 2.32. The number of hydrogen-bond acceptors (Lipinski definition) is 3. The number of hydrogen-bond donors (Lipinski definition) is 0. The molecule has 102 valence electrons. The Kier molecular flexibility index (Phi) is 5.14.